The minimum absolute atomic E-state index is 0.100. The lowest BCUT2D eigenvalue weighted by Crippen LogP contribution is -2.31. The van der Waals surface area contributed by atoms with Gasteiger partial charge in [-0.1, -0.05) is 18.2 Å². The fourth-order valence-electron chi connectivity index (χ4n) is 3.19. The molecule has 33 heavy (non-hydrogen) atoms. The second-order valence-corrected chi connectivity index (χ2v) is 7.84. The van der Waals surface area contributed by atoms with Crippen LogP contribution in [0.25, 0.3) is 17.3 Å². The fourth-order valence-corrected chi connectivity index (χ4v) is 4.27. The Labute approximate surface area is 191 Å². The molecule has 0 fully saturated rings. The zero-order chi connectivity index (χ0) is 23.4. The maximum absolute atomic E-state index is 14.3. The number of benzene rings is 2. The molecular formula is C25H16FN3O3S. The number of Topliss-reactive ketones (excluding diaryl/α,β-unsaturated/α-hetero) is 1. The Balaban J connectivity index is 2.05. The van der Waals surface area contributed by atoms with E-state index >= 15 is 0 Å². The zero-order valence-electron chi connectivity index (χ0n) is 17.4. The molecule has 0 aliphatic rings. The van der Waals surface area contributed by atoms with Gasteiger partial charge in [-0.15, -0.1) is 11.3 Å². The SMILES string of the molecule is COc1ccc(-n2c(=C(C#N)C(=O)c3ccccc3F)sc(=Cc3ccccn3)c2=O)cc1. The highest BCUT2D eigenvalue weighted by molar-refractivity contribution is 7.07. The molecule has 0 amide bonds. The van der Waals surface area contributed by atoms with E-state index in [2.05, 4.69) is 4.98 Å². The average Bonchev–Trinajstić information content (AvgIpc) is 3.15. The number of thiazole rings is 1. The van der Waals surface area contributed by atoms with Gasteiger partial charge in [-0.2, -0.15) is 5.26 Å². The molecule has 0 N–H and O–H groups in total. The van der Waals surface area contributed by atoms with E-state index in [0.29, 0.717) is 17.1 Å². The number of pyridine rings is 1. The third-order valence-electron chi connectivity index (χ3n) is 4.79. The molecule has 0 aliphatic heterocycles. The third kappa shape index (κ3) is 4.35. The van der Waals surface area contributed by atoms with Crippen molar-refractivity contribution >= 4 is 28.8 Å². The molecule has 4 aromatic rings. The van der Waals surface area contributed by atoms with E-state index in [1.807, 2.05) is 6.07 Å². The second kappa shape index (κ2) is 9.42. The van der Waals surface area contributed by atoms with Gasteiger partial charge >= 0.3 is 0 Å². The van der Waals surface area contributed by atoms with Crippen molar-refractivity contribution in [3.63, 3.8) is 0 Å². The van der Waals surface area contributed by atoms with Crippen LogP contribution in [0.2, 0.25) is 0 Å². The number of nitrogens with zero attached hydrogens (tertiary/aromatic N) is 3. The zero-order valence-corrected chi connectivity index (χ0v) is 18.2. The van der Waals surface area contributed by atoms with Gasteiger partial charge in [0, 0.05) is 6.20 Å². The number of carbonyl (C=O) groups excluding carboxylic acids is 1. The first-order valence-electron chi connectivity index (χ1n) is 9.76. The molecule has 0 saturated heterocycles. The van der Waals surface area contributed by atoms with Crippen LogP contribution in [-0.4, -0.2) is 22.4 Å². The summed E-state index contributed by atoms with van der Waals surface area (Å²) in [5, 5.41) is 9.86. The van der Waals surface area contributed by atoms with Crippen molar-refractivity contribution in [1.29, 1.82) is 5.26 Å². The summed E-state index contributed by atoms with van der Waals surface area (Å²) in [6.45, 7) is 0. The van der Waals surface area contributed by atoms with E-state index in [-0.39, 0.29) is 20.3 Å². The molecule has 4 rings (SSSR count). The van der Waals surface area contributed by atoms with Crippen molar-refractivity contribution in [3.8, 4) is 17.5 Å². The van der Waals surface area contributed by atoms with Crippen molar-refractivity contribution in [2.75, 3.05) is 7.11 Å². The Morgan fingerprint density at radius 3 is 2.48 bits per heavy atom. The van der Waals surface area contributed by atoms with Crippen LogP contribution in [0.3, 0.4) is 0 Å². The van der Waals surface area contributed by atoms with E-state index in [9.17, 15) is 19.2 Å². The lowest BCUT2D eigenvalue weighted by molar-refractivity contribution is 0.105. The molecule has 0 aliphatic carbocycles. The number of hydrogen-bond donors (Lipinski definition) is 0. The Bertz CT molecular complexity index is 1550. The number of nitriles is 1. The summed E-state index contributed by atoms with van der Waals surface area (Å²) in [5.74, 6) is -0.968. The van der Waals surface area contributed by atoms with Crippen LogP contribution in [-0.2, 0) is 0 Å². The van der Waals surface area contributed by atoms with Crippen LogP contribution in [0.15, 0.2) is 77.7 Å². The van der Waals surface area contributed by atoms with E-state index in [1.165, 1.54) is 29.9 Å². The summed E-state index contributed by atoms with van der Waals surface area (Å²) in [7, 11) is 1.52. The second-order valence-electron chi connectivity index (χ2n) is 6.80. The van der Waals surface area contributed by atoms with Gasteiger partial charge in [0.15, 0.2) is 0 Å². The molecule has 2 heterocycles. The highest BCUT2D eigenvalue weighted by Crippen LogP contribution is 2.15. The minimum atomic E-state index is -0.802. The fraction of sp³-hybridized carbons (Fsp3) is 0.0400. The van der Waals surface area contributed by atoms with Crippen molar-refractivity contribution in [3.05, 3.63) is 110 Å². The van der Waals surface area contributed by atoms with Gasteiger partial charge in [-0.3, -0.25) is 19.1 Å². The number of ketones is 1. The first kappa shape index (κ1) is 21.9. The molecule has 2 aromatic heterocycles. The smallest absolute Gasteiger partial charge is 0.273 e. The van der Waals surface area contributed by atoms with Gasteiger partial charge in [-0.05, 0) is 54.6 Å². The van der Waals surface area contributed by atoms with Crippen LogP contribution in [0, 0.1) is 17.1 Å². The lowest BCUT2D eigenvalue weighted by Gasteiger charge is -2.06. The standard InChI is InChI=1S/C25H16FN3O3S/c1-32-18-11-9-17(10-12-18)29-24(31)22(14-16-6-4-5-13-28-16)33-25(29)20(15-27)23(30)19-7-2-3-8-21(19)26/h2-14H,1H3. The van der Waals surface area contributed by atoms with Gasteiger partial charge in [-0.25, -0.2) is 4.39 Å². The Morgan fingerprint density at radius 1 is 1.12 bits per heavy atom. The Morgan fingerprint density at radius 2 is 1.85 bits per heavy atom. The molecule has 0 saturated carbocycles. The number of methoxy groups -OCH3 is 1. The van der Waals surface area contributed by atoms with Gasteiger partial charge in [0.2, 0.25) is 5.78 Å². The van der Waals surface area contributed by atoms with Gasteiger partial charge < -0.3 is 4.74 Å². The maximum Gasteiger partial charge on any atom is 0.273 e. The molecule has 0 bridgehead atoms. The van der Waals surface area contributed by atoms with Crippen molar-refractivity contribution < 1.29 is 13.9 Å². The topological polar surface area (TPSA) is 85.0 Å². The van der Waals surface area contributed by atoms with Crippen molar-refractivity contribution in [2.24, 2.45) is 0 Å². The third-order valence-corrected chi connectivity index (χ3v) is 5.88. The molecule has 162 valence electrons. The van der Waals surface area contributed by atoms with E-state index < -0.39 is 17.2 Å². The molecule has 8 heteroatoms. The maximum atomic E-state index is 14.3. The van der Waals surface area contributed by atoms with Crippen molar-refractivity contribution in [1.82, 2.24) is 9.55 Å². The number of rotatable bonds is 5. The molecule has 0 spiro atoms. The van der Waals surface area contributed by atoms with E-state index in [0.717, 1.165) is 17.4 Å². The van der Waals surface area contributed by atoms with Crippen LogP contribution < -0.4 is 19.5 Å². The number of halogens is 1. The summed E-state index contributed by atoms with van der Waals surface area (Å²) in [6.07, 6.45) is 3.18. The van der Waals surface area contributed by atoms with Gasteiger partial charge in [0.05, 0.1) is 28.6 Å². The average molecular weight is 457 g/mol. The molecule has 6 nitrogen and oxygen atoms in total. The number of carbonyl (C=O) groups is 1. The summed E-state index contributed by atoms with van der Waals surface area (Å²) >= 11 is 0.968. The predicted octanol–water partition coefficient (Wildman–Crippen LogP) is 2.83. The molecule has 0 unspecified atom stereocenters. The highest BCUT2D eigenvalue weighted by Gasteiger charge is 2.21. The van der Waals surface area contributed by atoms with Crippen LogP contribution in [0.4, 0.5) is 4.39 Å². The molecule has 2 aromatic carbocycles. The monoisotopic (exact) mass is 457 g/mol. The van der Waals surface area contributed by atoms with Crippen LogP contribution in [0.1, 0.15) is 16.1 Å². The number of aromatic nitrogens is 2. The highest BCUT2D eigenvalue weighted by atomic mass is 32.1. The quantitative estimate of drug-likeness (QED) is 0.430. The van der Waals surface area contributed by atoms with Gasteiger partial charge in [0.1, 0.15) is 27.9 Å². The Hall–Kier alpha value is -4.35. The first-order chi connectivity index (χ1) is 16.0. The van der Waals surface area contributed by atoms with Crippen LogP contribution >= 0.6 is 11.3 Å². The molecule has 0 atom stereocenters. The summed E-state index contributed by atoms with van der Waals surface area (Å²) in [5.41, 5.74) is -0.0324. The normalized spacial score (nSPS) is 12.2. The number of hydrogen-bond acceptors (Lipinski definition) is 6. The lowest BCUT2D eigenvalue weighted by atomic mass is 10.0. The minimum Gasteiger partial charge on any atom is -0.497 e. The Kier molecular flexibility index (Phi) is 6.24. The van der Waals surface area contributed by atoms with Crippen LogP contribution in [0.5, 0.6) is 5.75 Å². The predicted molar refractivity (Wildman–Crippen MR) is 123 cm³/mol. The van der Waals surface area contributed by atoms with Crippen molar-refractivity contribution in [2.45, 2.75) is 0 Å². The molecule has 0 radical (unpaired) electrons. The summed E-state index contributed by atoms with van der Waals surface area (Å²) < 4.78 is 21.1. The number of ether oxygens (including phenoxy) is 1. The van der Waals surface area contributed by atoms with E-state index in [1.54, 1.807) is 54.7 Å². The molecular weight excluding hydrogens is 441 g/mol. The van der Waals surface area contributed by atoms with Gasteiger partial charge in [0.25, 0.3) is 5.56 Å². The largest absolute Gasteiger partial charge is 0.497 e. The summed E-state index contributed by atoms with van der Waals surface area (Å²) in [6, 6.07) is 19.2. The summed E-state index contributed by atoms with van der Waals surface area (Å²) in [4.78, 5) is 30.7. The first-order valence-corrected chi connectivity index (χ1v) is 10.6. The van der Waals surface area contributed by atoms with E-state index in [4.69, 9.17) is 4.74 Å².